The SMILES string of the molecule is COc1ccc(O)c(C(=O)NC2CCCN(C)C2=O)c1. The summed E-state index contributed by atoms with van der Waals surface area (Å²) in [7, 11) is 3.19. The number of nitrogens with zero attached hydrogens (tertiary/aromatic N) is 1. The van der Waals surface area contributed by atoms with E-state index in [1.54, 1.807) is 18.0 Å². The Bertz CT molecular complexity index is 530. The highest BCUT2D eigenvalue weighted by molar-refractivity contribution is 6.00. The zero-order chi connectivity index (χ0) is 14.7. The monoisotopic (exact) mass is 278 g/mol. The van der Waals surface area contributed by atoms with Gasteiger partial charge in [0.1, 0.15) is 17.5 Å². The van der Waals surface area contributed by atoms with Gasteiger partial charge < -0.3 is 20.1 Å². The quantitative estimate of drug-likeness (QED) is 0.855. The number of piperidine rings is 1. The average Bonchev–Trinajstić information content (AvgIpc) is 2.44. The number of phenols is 1. The number of rotatable bonds is 3. The number of amides is 2. The summed E-state index contributed by atoms with van der Waals surface area (Å²) in [6.45, 7) is 0.704. The maximum absolute atomic E-state index is 12.2. The molecule has 1 aliphatic heterocycles. The van der Waals surface area contributed by atoms with Gasteiger partial charge in [0, 0.05) is 13.6 Å². The number of methoxy groups -OCH3 is 1. The molecule has 0 aromatic heterocycles. The summed E-state index contributed by atoms with van der Waals surface area (Å²) in [5.41, 5.74) is 0.102. The fourth-order valence-electron chi connectivity index (χ4n) is 2.23. The van der Waals surface area contributed by atoms with E-state index in [-0.39, 0.29) is 17.2 Å². The topological polar surface area (TPSA) is 78.9 Å². The molecule has 1 heterocycles. The lowest BCUT2D eigenvalue weighted by Crippen LogP contribution is -2.50. The van der Waals surface area contributed by atoms with Crippen molar-refractivity contribution >= 4 is 11.8 Å². The van der Waals surface area contributed by atoms with Crippen LogP contribution in [-0.4, -0.2) is 48.6 Å². The minimum absolute atomic E-state index is 0.102. The number of carbonyl (C=O) groups is 2. The lowest BCUT2D eigenvalue weighted by atomic mass is 10.0. The molecular weight excluding hydrogens is 260 g/mol. The molecule has 2 rings (SSSR count). The van der Waals surface area contributed by atoms with Gasteiger partial charge in [0.25, 0.3) is 5.91 Å². The van der Waals surface area contributed by atoms with Crippen LogP contribution >= 0.6 is 0 Å². The van der Waals surface area contributed by atoms with Crippen LogP contribution in [0.5, 0.6) is 11.5 Å². The lowest BCUT2D eigenvalue weighted by Gasteiger charge is -2.29. The van der Waals surface area contributed by atoms with Gasteiger partial charge in [0.05, 0.1) is 12.7 Å². The number of hydrogen-bond donors (Lipinski definition) is 2. The van der Waals surface area contributed by atoms with Crippen molar-refractivity contribution in [3.63, 3.8) is 0 Å². The van der Waals surface area contributed by atoms with Crippen LogP contribution in [0.4, 0.5) is 0 Å². The molecule has 0 spiro atoms. The van der Waals surface area contributed by atoms with E-state index < -0.39 is 11.9 Å². The van der Waals surface area contributed by atoms with E-state index in [1.165, 1.54) is 19.2 Å². The second-order valence-electron chi connectivity index (χ2n) is 4.81. The van der Waals surface area contributed by atoms with Gasteiger partial charge in [-0.3, -0.25) is 9.59 Å². The minimum atomic E-state index is -0.535. The summed E-state index contributed by atoms with van der Waals surface area (Å²) in [6.07, 6.45) is 1.46. The normalized spacial score (nSPS) is 18.8. The Kier molecular flexibility index (Phi) is 4.12. The third-order valence-electron chi connectivity index (χ3n) is 3.41. The fraction of sp³-hybridized carbons (Fsp3) is 0.429. The van der Waals surface area contributed by atoms with Crippen LogP contribution in [0, 0.1) is 0 Å². The number of ether oxygens (including phenoxy) is 1. The van der Waals surface area contributed by atoms with Crippen molar-refractivity contribution in [2.75, 3.05) is 20.7 Å². The molecule has 1 atom stereocenters. The van der Waals surface area contributed by atoms with Crippen molar-refractivity contribution in [1.82, 2.24) is 10.2 Å². The van der Waals surface area contributed by atoms with E-state index in [9.17, 15) is 14.7 Å². The lowest BCUT2D eigenvalue weighted by molar-refractivity contribution is -0.134. The molecule has 20 heavy (non-hydrogen) atoms. The Balaban J connectivity index is 2.13. The fourth-order valence-corrected chi connectivity index (χ4v) is 2.23. The molecule has 0 bridgehead atoms. The summed E-state index contributed by atoms with van der Waals surface area (Å²) in [5, 5.41) is 12.4. The van der Waals surface area contributed by atoms with E-state index >= 15 is 0 Å². The number of benzene rings is 1. The van der Waals surface area contributed by atoms with Gasteiger partial charge in [-0.25, -0.2) is 0 Å². The van der Waals surface area contributed by atoms with Gasteiger partial charge in [-0.05, 0) is 31.0 Å². The summed E-state index contributed by atoms with van der Waals surface area (Å²) < 4.78 is 5.02. The third-order valence-corrected chi connectivity index (χ3v) is 3.41. The van der Waals surface area contributed by atoms with Crippen LogP contribution in [0.3, 0.4) is 0 Å². The number of hydrogen-bond acceptors (Lipinski definition) is 4. The first-order chi connectivity index (χ1) is 9.52. The Morgan fingerprint density at radius 1 is 1.50 bits per heavy atom. The summed E-state index contributed by atoms with van der Waals surface area (Å²) in [4.78, 5) is 25.7. The second kappa shape index (κ2) is 5.81. The minimum Gasteiger partial charge on any atom is -0.507 e. The van der Waals surface area contributed by atoms with E-state index in [0.29, 0.717) is 18.7 Å². The molecule has 1 aromatic carbocycles. The molecule has 0 aliphatic carbocycles. The number of likely N-dealkylation sites (tertiary alicyclic amines) is 1. The van der Waals surface area contributed by atoms with Gasteiger partial charge in [0.15, 0.2) is 0 Å². The first-order valence-corrected chi connectivity index (χ1v) is 6.45. The van der Waals surface area contributed by atoms with Crippen LogP contribution in [0.25, 0.3) is 0 Å². The number of aromatic hydroxyl groups is 1. The van der Waals surface area contributed by atoms with E-state index in [4.69, 9.17) is 4.74 Å². The second-order valence-corrected chi connectivity index (χ2v) is 4.81. The molecule has 1 unspecified atom stereocenters. The molecular formula is C14H18N2O4. The molecule has 2 N–H and O–H groups in total. The zero-order valence-electron chi connectivity index (χ0n) is 11.5. The van der Waals surface area contributed by atoms with Crippen molar-refractivity contribution in [2.45, 2.75) is 18.9 Å². The Hall–Kier alpha value is -2.24. The first-order valence-electron chi connectivity index (χ1n) is 6.45. The van der Waals surface area contributed by atoms with Crippen LogP contribution in [-0.2, 0) is 4.79 Å². The highest BCUT2D eigenvalue weighted by Gasteiger charge is 2.28. The van der Waals surface area contributed by atoms with E-state index in [2.05, 4.69) is 5.32 Å². The molecule has 1 aromatic rings. The van der Waals surface area contributed by atoms with Gasteiger partial charge in [0.2, 0.25) is 5.91 Å². The van der Waals surface area contributed by atoms with Crippen molar-refractivity contribution in [1.29, 1.82) is 0 Å². The highest BCUT2D eigenvalue weighted by Crippen LogP contribution is 2.23. The largest absolute Gasteiger partial charge is 0.507 e. The van der Waals surface area contributed by atoms with Crippen LogP contribution in [0.1, 0.15) is 23.2 Å². The average molecular weight is 278 g/mol. The molecule has 2 amide bonds. The van der Waals surface area contributed by atoms with Gasteiger partial charge in [-0.15, -0.1) is 0 Å². The van der Waals surface area contributed by atoms with Crippen LogP contribution in [0.15, 0.2) is 18.2 Å². The van der Waals surface area contributed by atoms with Crippen molar-refractivity contribution < 1.29 is 19.4 Å². The maximum atomic E-state index is 12.2. The summed E-state index contributed by atoms with van der Waals surface area (Å²) in [5.74, 6) is -0.248. The predicted molar refractivity (Wildman–Crippen MR) is 72.8 cm³/mol. The Morgan fingerprint density at radius 2 is 2.25 bits per heavy atom. The van der Waals surface area contributed by atoms with Crippen molar-refractivity contribution in [2.24, 2.45) is 0 Å². The third kappa shape index (κ3) is 2.84. The summed E-state index contributed by atoms with van der Waals surface area (Å²) >= 11 is 0. The van der Waals surface area contributed by atoms with Gasteiger partial charge in [-0.1, -0.05) is 0 Å². The van der Waals surface area contributed by atoms with Crippen molar-refractivity contribution in [3.05, 3.63) is 23.8 Å². The van der Waals surface area contributed by atoms with Crippen LogP contribution < -0.4 is 10.1 Å². The smallest absolute Gasteiger partial charge is 0.255 e. The van der Waals surface area contributed by atoms with E-state index in [0.717, 1.165) is 6.42 Å². The number of carbonyl (C=O) groups excluding carboxylic acids is 2. The molecule has 6 nitrogen and oxygen atoms in total. The molecule has 0 radical (unpaired) electrons. The molecule has 6 heteroatoms. The molecule has 108 valence electrons. The predicted octanol–water partition coefficient (Wildman–Crippen LogP) is 0.751. The zero-order valence-corrected chi connectivity index (χ0v) is 11.5. The molecule has 0 saturated carbocycles. The van der Waals surface area contributed by atoms with Crippen molar-refractivity contribution in [3.8, 4) is 11.5 Å². The molecule has 1 fully saturated rings. The summed E-state index contributed by atoms with van der Waals surface area (Å²) in [6, 6.07) is 3.86. The Morgan fingerprint density at radius 3 is 2.95 bits per heavy atom. The van der Waals surface area contributed by atoms with E-state index in [1.807, 2.05) is 0 Å². The van der Waals surface area contributed by atoms with Crippen LogP contribution in [0.2, 0.25) is 0 Å². The highest BCUT2D eigenvalue weighted by atomic mass is 16.5. The molecule has 1 aliphatic rings. The standard InChI is InChI=1S/C14H18N2O4/c1-16-7-3-4-11(14(16)19)15-13(18)10-8-9(20-2)5-6-12(10)17/h5-6,8,11,17H,3-4,7H2,1-2H3,(H,15,18). The number of likely N-dealkylation sites (N-methyl/N-ethyl adjacent to an activating group) is 1. The molecule has 1 saturated heterocycles. The number of nitrogens with one attached hydrogen (secondary N) is 1. The Labute approximate surface area is 117 Å². The van der Waals surface area contributed by atoms with Gasteiger partial charge in [-0.2, -0.15) is 0 Å². The van der Waals surface area contributed by atoms with Gasteiger partial charge >= 0.3 is 0 Å². The number of phenolic OH excluding ortho intramolecular Hbond substituents is 1. The first kappa shape index (κ1) is 14.2. The maximum Gasteiger partial charge on any atom is 0.255 e.